The highest BCUT2D eigenvalue weighted by molar-refractivity contribution is 8.00. The van der Waals surface area contributed by atoms with Crippen LogP contribution in [0.15, 0.2) is 16.0 Å². The molecule has 1 aromatic rings. The topological polar surface area (TPSA) is 101 Å². The summed E-state index contributed by atoms with van der Waals surface area (Å²) in [7, 11) is 0. The van der Waals surface area contributed by atoms with Gasteiger partial charge in [-0.1, -0.05) is 11.8 Å². The fraction of sp³-hybridized carbons (Fsp3) is 0.444. The molecule has 1 rings (SSSR count). The largest absolute Gasteiger partial charge is 0.383 e. The van der Waals surface area contributed by atoms with Gasteiger partial charge in [0.1, 0.15) is 5.82 Å². The first kappa shape index (κ1) is 12.6. The third-order valence-corrected chi connectivity index (χ3v) is 2.73. The van der Waals surface area contributed by atoms with Crippen molar-refractivity contribution in [1.29, 1.82) is 0 Å². The van der Waals surface area contributed by atoms with Gasteiger partial charge in [-0.25, -0.2) is 4.98 Å². The number of rotatable bonds is 4. The maximum atomic E-state index is 11.4. The second kappa shape index (κ2) is 5.55. The first-order valence-corrected chi connectivity index (χ1v) is 5.72. The van der Waals surface area contributed by atoms with Crippen molar-refractivity contribution < 1.29 is 4.79 Å². The summed E-state index contributed by atoms with van der Waals surface area (Å²) < 4.78 is 0. The molecule has 0 bridgehead atoms. The summed E-state index contributed by atoms with van der Waals surface area (Å²) >= 11 is 1.16. The zero-order chi connectivity index (χ0) is 12.1. The molecule has 6 nitrogen and oxygen atoms in total. The standard InChI is InChI=1S/C9H14N4O2S/c1-3-11-8(15)5(2)16-9-12-6(10)4-7(14)13-9/h4-5H,3H2,1-2H3,(H,11,15)(H3,10,12,13,14). The minimum absolute atomic E-state index is 0.0995. The molecule has 0 saturated carbocycles. The van der Waals surface area contributed by atoms with Gasteiger partial charge in [-0.05, 0) is 13.8 Å². The molecule has 0 spiro atoms. The second-order valence-corrected chi connectivity index (χ2v) is 4.46. The normalized spacial score (nSPS) is 12.1. The predicted octanol–water partition coefficient (Wildman–Crippen LogP) is -0.0312. The third-order valence-electron chi connectivity index (χ3n) is 1.75. The van der Waals surface area contributed by atoms with Crippen LogP contribution >= 0.6 is 11.8 Å². The first-order chi connectivity index (χ1) is 7.52. The van der Waals surface area contributed by atoms with E-state index >= 15 is 0 Å². The molecule has 1 heterocycles. The van der Waals surface area contributed by atoms with Crippen molar-refractivity contribution >= 4 is 23.5 Å². The fourth-order valence-corrected chi connectivity index (χ4v) is 1.89. The molecule has 88 valence electrons. The van der Waals surface area contributed by atoms with Crippen molar-refractivity contribution in [3.63, 3.8) is 0 Å². The highest BCUT2D eigenvalue weighted by Crippen LogP contribution is 2.18. The molecule has 0 fully saturated rings. The number of hydrogen-bond donors (Lipinski definition) is 3. The molecule has 0 aromatic carbocycles. The molecule has 0 saturated heterocycles. The molecule has 1 aromatic heterocycles. The number of hydrogen-bond acceptors (Lipinski definition) is 5. The quantitative estimate of drug-likeness (QED) is 0.508. The summed E-state index contributed by atoms with van der Waals surface area (Å²) in [6, 6.07) is 1.20. The number of carbonyl (C=O) groups is 1. The van der Waals surface area contributed by atoms with E-state index in [9.17, 15) is 9.59 Å². The number of thioether (sulfide) groups is 1. The maximum Gasteiger partial charge on any atom is 0.253 e. The SMILES string of the molecule is CCNC(=O)C(C)Sc1nc(N)cc(=O)[nH]1. The Labute approximate surface area is 97.0 Å². The summed E-state index contributed by atoms with van der Waals surface area (Å²) in [6.07, 6.45) is 0. The summed E-state index contributed by atoms with van der Waals surface area (Å²) in [4.78, 5) is 29.0. The lowest BCUT2D eigenvalue weighted by atomic mass is 10.4. The number of nitrogens with two attached hydrogens (primary N) is 1. The predicted molar refractivity (Wildman–Crippen MR) is 63.3 cm³/mol. The van der Waals surface area contributed by atoms with Gasteiger partial charge in [-0.2, -0.15) is 0 Å². The number of anilines is 1. The Bertz CT molecular complexity index is 432. The van der Waals surface area contributed by atoms with Crippen LogP contribution in [0.3, 0.4) is 0 Å². The summed E-state index contributed by atoms with van der Waals surface area (Å²) in [5, 5.41) is 2.71. The van der Waals surface area contributed by atoms with E-state index in [1.165, 1.54) is 6.07 Å². The van der Waals surface area contributed by atoms with Gasteiger partial charge in [-0.15, -0.1) is 0 Å². The van der Waals surface area contributed by atoms with Crippen molar-refractivity contribution in [2.75, 3.05) is 12.3 Å². The Balaban J connectivity index is 2.72. The van der Waals surface area contributed by atoms with Crippen molar-refractivity contribution in [2.24, 2.45) is 0 Å². The molecule has 1 unspecified atom stereocenters. The molecule has 0 aliphatic heterocycles. The van der Waals surface area contributed by atoms with Gasteiger partial charge >= 0.3 is 0 Å². The zero-order valence-corrected chi connectivity index (χ0v) is 9.93. The maximum absolute atomic E-state index is 11.4. The number of nitrogen functional groups attached to an aromatic ring is 1. The number of aromatic amines is 1. The smallest absolute Gasteiger partial charge is 0.253 e. The lowest BCUT2D eigenvalue weighted by Gasteiger charge is -2.09. The molecule has 7 heteroatoms. The van der Waals surface area contributed by atoms with E-state index in [1.807, 2.05) is 6.92 Å². The minimum atomic E-state index is -0.329. The number of nitrogens with one attached hydrogen (secondary N) is 2. The lowest BCUT2D eigenvalue weighted by molar-refractivity contribution is -0.120. The van der Waals surface area contributed by atoms with Gasteiger partial charge in [0.25, 0.3) is 5.56 Å². The van der Waals surface area contributed by atoms with Crippen LogP contribution in [-0.4, -0.2) is 27.7 Å². The lowest BCUT2D eigenvalue weighted by Crippen LogP contribution is -2.30. The van der Waals surface area contributed by atoms with E-state index in [2.05, 4.69) is 15.3 Å². The van der Waals surface area contributed by atoms with E-state index in [0.717, 1.165) is 11.8 Å². The van der Waals surface area contributed by atoms with Crippen LogP contribution in [0.25, 0.3) is 0 Å². The summed E-state index contributed by atoms with van der Waals surface area (Å²) in [6.45, 7) is 4.15. The second-order valence-electron chi connectivity index (χ2n) is 3.13. The van der Waals surface area contributed by atoms with Gasteiger partial charge < -0.3 is 16.0 Å². The Morgan fingerprint density at radius 1 is 1.75 bits per heavy atom. The van der Waals surface area contributed by atoms with Crippen LogP contribution in [0.2, 0.25) is 0 Å². The Morgan fingerprint density at radius 3 is 3.00 bits per heavy atom. The molecule has 1 amide bonds. The Hall–Kier alpha value is -1.50. The van der Waals surface area contributed by atoms with Crippen LogP contribution in [0.4, 0.5) is 5.82 Å². The van der Waals surface area contributed by atoms with Crippen molar-refractivity contribution in [1.82, 2.24) is 15.3 Å². The highest BCUT2D eigenvalue weighted by atomic mass is 32.2. The average Bonchev–Trinajstić information content (AvgIpc) is 2.16. The van der Waals surface area contributed by atoms with Gasteiger partial charge in [0.2, 0.25) is 5.91 Å². The molecule has 4 N–H and O–H groups in total. The van der Waals surface area contributed by atoms with Crippen LogP contribution in [-0.2, 0) is 4.79 Å². The number of nitrogens with zero attached hydrogens (tertiary/aromatic N) is 1. The van der Waals surface area contributed by atoms with Crippen molar-refractivity contribution in [2.45, 2.75) is 24.3 Å². The van der Waals surface area contributed by atoms with E-state index in [4.69, 9.17) is 5.73 Å². The number of H-pyrrole nitrogens is 1. The van der Waals surface area contributed by atoms with Gasteiger partial charge in [0.05, 0.1) is 5.25 Å². The average molecular weight is 242 g/mol. The summed E-state index contributed by atoms with van der Waals surface area (Å²) in [5.41, 5.74) is 5.10. The van der Waals surface area contributed by atoms with Crippen LogP contribution in [0.1, 0.15) is 13.8 Å². The molecule has 16 heavy (non-hydrogen) atoms. The minimum Gasteiger partial charge on any atom is -0.383 e. The van der Waals surface area contributed by atoms with Gasteiger partial charge in [0.15, 0.2) is 5.16 Å². The molecule has 0 aliphatic rings. The molecule has 0 aliphatic carbocycles. The van der Waals surface area contributed by atoms with Crippen molar-refractivity contribution in [3.8, 4) is 0 Å². The number of aromatic nitrogens is 2. The van der Waals surface area contributed by atoms with E-state index in [-0.39, 0.29) is 22.5 Å². The Morgan fingerprint density at radius 2 is 2.44 bits per heavy atom. The van der Waals surface area contributed by atoms with Crippen LogP contribution < -0.4 is 16.6 Å². The monoisotopic (exact) mass is 242 g/mol. The van der Waals surface area contributed by atoms with E-state index < -0.39 is 0 Å². The fourth-order valence-electron chi connectivity index (χ4n) is 1.05. The third kappa shape index (κ3) is 3.58. The summed E-state index contributed by atoms with van der Waals surface area (Å²) in [5.74, 6) is 0.0481. The first-order valence-electron chi connectivity index (χ1n) is 4.84. The molecular weight excluding hydrogens is 228 g/mol. The van der Waals surface area contributed by atoms with Gasteiger partial charge in [0, 0.05) is 12.6 Å². The van der Waals surface area contributed by atoms with Crippen molar-refractivity contribution in [3.05, 3.63) is 16.4 Å². The van der Waals surface area contributed by atoms with Crippen LogP contribution in [0, 0.1) is 0 Å². The molecule has 0 radical (unpaired) electrons. The van der Waals surface area contributed by atoms with Crippen LogP contribution in [0.5, 0.6) is 0 Å². The van der Waals surface area contributed by atoms with E-state index in [1.54, 1.807) is 6.92 Å². The van der Waals surface area contributed by atoms with E-state index in [0.29, 0.717) is 11.7 Å². The highest BCUT2D eigenvalue weighted by Gasteiger charge is 2.14. The Kier molecular flexibility index (Phi) is 4.36. The molecular formula is C9H14N4O2S. The zero-order valence-electron chi connectivity index (χ0n) is 9.11. The molecule has 1 atom stereocenters. The number of carbonyl (C=O) groups excluding carboxylic acids is 1. The van der Waals surface area contributed by atoms with Gasteiger partial charge in [-0.3, -0.25) is 9.59 Å². The number of amides is 1.